The number of hydrogen-bond acceptors (Lipinski definition) is 6. The molecule has 0 bridgehead atoms. The summed E-state index contributed by atoms with van der Waals surface area (Å²) in [6.45, 7) is 0. The van der Waals surface area contributed by atoms with Crippen molar-refractivity contribution < 1.29 is 9.53 Å². The van der Waals surface area contributed by atoms with Crippen LogP contribution in [0.3, 0.4) is 0 Å². The van der Waals surface area contributed by atoms with Crippen molar-refractivity contribution in [2.75, 3.05) is 19.0 Å². The summed E-state index contributed by atoms with van der Waals surface area (Å²) in [7, 11) is 3.97. The van der Waals surface area contributed by atoms with Gasteiger partial charge in [0.05, 0.1) is 22.5 Å². The number of nitriles is 1. The Kier molecular flexibility index (Phi) is 6.61. The van der Waals surface area contributed by atoms with Gasteiger partial charge in [-0.1, -0.05) is 24.3 Å². The second-order valence-electron chi connectivity index (χ2n) is 8.04. The first-order valence-electron chi connectivity index (χ1n) is 10.7. The van der Waals surface area contributed by atoms with Crippen molar-refractivity contribution in [3.05, 3.63) is 89.7 Å². The summed E-state index contributed by atoms with van der Waals surface area (Å²) in [5.41, 5.74) is 4.49. The highest BCUT2D eigenvalue weighted by Gasteiger charge is 2.09. The molecule has 0 unspecified atom stereocenters. The number of hydrogen-bond donors (Lipinski definition) is 0. The van der Waals surface area contributed by atoms with E-state index in [1.165, 1.54) is 6.33 Å². The first kappa shape index (κ1) is 22.0. The van der Waals surface area contributed by atoms with E-state index in [0.717, 1.165) is 27.7 Å². The standard InChI is InChI=1S/C27H24N4O2/c1-31(2)22-10-14-25-26(16-22)29-18-30-27(25)33-24-12-8-20(9-13-24)15-23(32)11-7-19-3-5-21(17-28)6-4-19/h3-6,8-10,12-14,16,18H,7,11,15H2,1-2H3. The molecule has 0 saturated carbocycles. The smallest absolute Gasteiger partial charge is 0.230 e. The van der Waals surface area contributed by atoms with Crippen LogP contribution in [0.2, 0.25) is 0 Å². The number of carbonyl (C=O) groups excluding carboxylic acids is 1. The lowest BCUT2D eigenvalue weighted by atomic mass is 10.0. The van der Waals surface area contributed by atoms with Crippen molar-refractivity contribution in [2.45, 2.75) is 19.3 Å². The first-order chi connectivity index (χ1) is 16.0. The molecular weight excluding hydrogens is 412 g/mol. The SMILES string of the molecule is CN(C)c1ccc2c(Oc3ccc(CC(=O)CCc4ccc(C#N)cc4)cc3)ncnc2c1. The fourth-order valence-corrected chi connectivity index (χ4v) is 3.51. The Balaban J connectivity index is 1.37. The average molecular weight is 437 g/mol. The number of benzene rings is 3. The second kappa shape index (κ2) is 9.92. The number of ether oxygens (including phenoxy) is 1. The Bertz CT molecular complexity index is 1310. The van der Waals surface area contributed by atoms with Gasteiger partial charge in [0.15, 0.2) is 0 Å². The predicted octanol–water partition coefficient (Wildman–Crippen LogP) is 5.10. The van der Waals surface area contributed by atoms with Crippen LogP contribution in [-0.4, -0.2) is 29.8 Å². The largest absolute Gasteiger partial charge is 0.438 e. The fraction of sp³-hybridized carbons (Fsp3) is 0.185. The van der Waals surface area contributed by atoms with Gasteiger partial charge in [-0.2, -0.15) is 5.26 Å². The molecule has 0 atom stereocenters. The third-order valence-corrected chi connectivity index (χ3v) is 5.41. The summed E-state index contributed by atoms with van der Waals surface area (Å²) in [4.78, 5) is 23.1. The molecule has 4 rings (SSSR count). The van der Waals surface area contributed by atoms with Crippen molar-refractivity contribution in [3.63, 3.8) is 0 Å². The summed E-state index contributed by atoms with van der Waals surface area (Å²) in [5.74, 6) is 1.32. The second-order valence-corrected chi connectivity index (χ2v) is 8.04. The maximum absolute atomic E-state index is 12.4. The number of aromatic nitrogens is 2. The molecule has 0 aliphatic rings. The Morgan fingerprint density at radius 2 is 1.70 bits per heavy atom. The predicted molar refractivity (Wildman–Crippen MR) is 129 cm³/mol. The van der Waals surface area contributed by atoms with Gasteiger partial charge in [-0.15, -0.1) is 0 Å². The highest BCUT2D eigenvalue weighted by atomic mass is 16.5. The Hall–Kier alpha value is -4.24. The minimum Gasteiger partial charge on any atom is -0.438 e. The zero-order valence-electron chi connectivity index (χ0n) is 18.7. The molecule has 0 amide bonds. The molecule has 3 aromatic carbocycles. The van der Waals surface area contributed by atoms with Gasteiger partial charge in [0.25, 0.3) is 0 Å². The van der Waals surface area contributed by atoms with Crippen LogP contribution in [0.25, 0.3) is 10.9 Å². The summed E-state index contributed by atoms with van der Waals surface area (Å²) in [6.07, 6.45) is 3.01. The van der Waals surface area contributed by atoms with Gasteiger partial charge in [0.1, 0.15) is 17.9 Å². The molecule has 0 fully saturated rings. The van der Waals surface area contributed by atoms with Gasteiger partial charge < -0.3 is 9.64 Å². The molecule has 0 radical (unpaired) electrons. The number of anilines is 1. The summed E-state index contributed by atoms with van der Waals surface area (Å²) in [6, 6.07) is 22.9. The Morgan fingerprint density at radius 3 is 2.39 bits per heavy atom. The van der Waals surface area contributed by atoms with E-state index in [1.807, 2.05) is 73.6 Å². The molecule has 33 heavy (non-hydrogen) atoms. The minimum atomic E-state index is 0.173. The van der Waals surface area contributed by atoms with Gasteiger partial charge in [0.2, 0.25) is 5.88 Å². The van der Waals surface area contributed by atoms with Crippen LogP contribution in [0.4, 0.5) is 5.69 Å². The maximum atomic E-state index is 12.4. The maximum Gasteiger partial charge on any atom is 0.230 e. The van der Waals surface area contributed by atoms with Crippen molar-refractivity contribution in [2.24, 2.45) is 0 Å². The minimum absolute atomic E-state index is 0.173. The fourth-order valence-electron chi connectivity index (χ4n) is 3.51. The van der Waals surface area contributed by atoms with Crippen molar-refractivity contribution in [1.82, 2.24) is 9.97 Å². The number of carbonyl (C=O) groups is 1. The van der Waals surface area contributed by atoms with Gasteiger partial charge in [-0.3, -0.25) is 4.79 Å². The Morgan fingerprint density at radius 1 is 0.970 bits per heavy atom. The lowest BCUT2D eigenvalue weighted by Gasteiger charge is -2.13. The number of fused-ring (bicyclic) bond motifs is 1. The first-order valence-corrected chi connectivity index (χ1v) is 10.7. The van der Waals surface area contributed by atoms with Gasteiger partial charge in [-0.05, 0) is 60.0 Å². The van der Waals surface area contributed by atoms with E-state index in [1.54, 1.807) is 12.1 Å². The molecule has 6 nitrogen and oxygen atoms in total. The lowest BCUT2D eigenvalue weighted by Crippen LogP contribution is -2.08. The van der Waals surface area contributed by atoms with E-state index in [4.69, 9.17) is 10.00 Å². The van der Waals surface area contributed by atoms with E-state index in [0.29, 0.717) is 36.5 Å². The summed E-state index contributed by atoms with van der Waals surface area (Å²) < 4.78 is 6.00. The van der Waals surface area contributed by atoms with Crippen molar-refractivity contribution in [1.29, 1.82) is 5.26 Å². The van der Waals surface area contributed by atoms with Gasteiger partial charge in [-0.25, -0.2) is 9.97 Å². The van der Waals surface area contributed by atoms with E-state index < -0.39 is 0 Å². The van der Waals surface area contributed by atoms with Crippen LogP contribution < -0.4 is 9.64 Å². The van der Waals surface area contributed by atoms with E-state index >= 15 is 0 Å². The molecular formula is C27H24N4O2. The molecule has 6 heteroatoms. The zero-order chi connectivity index (χ0) is 23.2. The van der Waals surface area contributed by atoms with Crippen LogP contribution in [-0.2, 0) is 17.6 Å². The van der Waals surface area contributed by atoms with Crippen LogP contribution in [0.5, 0.6) is 11.6 Å². The molecule has 0 aliphatic carbocycles. The van der Waals surface area contributed by atoms with E-state index in [9.17, 15) is 4.79 Å². The number of nitrogens with zero attached hydrogens (tertiary/aromatic N) is 4. The van der Waals surface area contributed by atoms with Crippen molar-refractivity contribution in [3.8, 4) is 17.7 Å². The van der Waals surface area contributed by atoms with E-state index in [-0.39, 0.29) is 5.78 Å². The number of aryl methyl sites for hydroxylation is 1. The molecule has 0 N–H and O–H groups in total. The molecule has 1 heterocycles. The van der Waals surface area contributed by atoms with Crippen LogP contribution in [0.1, 0.15) is 23.1 Å². The normalized spacial score (nSPS) is 10.6. The summed E-state index contributed by atoms with van der Waals surface area (Å²) >= 11 is 0. The molecule has 4 aromatic rings. The molecule has 0 saturated heterocycles. The molecule has 164 valence electrons. The van der Waals surface area contributed by atoms with Crippen LogP contribution in [0.15, 0.2) is 73.1 Å². The zero-order valence-corrected chi connectivity index (χ0v) is 18.7. The monoisotopic (exact) mass is 436 g/mol. The van der Waals surface area contributed by atoms with Crippen LogP contribution >= 0.6 is 0 Å². The van der Waals surface area contributed by atoms with Gasteiger partial charge in [0, 0.05) is 32.6 Å². The number of Topliss-reactive ketones (excluding diaryl/α,β-unsaturated/α-hetero) is 1. The molecule has 1 aromatic heterocycles. The Labute approximate surface area is 193 Å². The molecule has 0 aliphatic heterocycles. The quantitative estimate of drug-likeness (QED) is 0.382. The van der Waals surface area contributed by atoms with Crippen molar-refractivity contribution >= 4 is 22.4 Å². The van der Waals surface area contributed by atoms with Crippen LogP contribution in [0, 0.1) is 11.3 Å². The third-order valence-electron chi connectivity index (χ3n) is 5.41. The third kappa shape index (κ3) is 5.52. The summed E-state index contributed by atoms with van der Waals surface area (Å²) in [5, 5.41) is 9.70. The lowest BCUT2D eigenvalue weighted by molar-refractivity contribution is -0.118. The number of rotatable bonds is 8. The van der Waals surface area contributed by atoms with Gasteiger partial charge >= 0.3 is 0 Å². The average Bonchev–Trinajstić information content (AvgIpc) is 2.84. The number of ketones is 1. The molecule has 0 spiro atoms. The highest BCUT2D eigenvalue weighted by molar-refractivity contribution is 5.86. The topological polar surface area (TPSA) is 79.1 Å². The highest BCUT2D eigenvalue weighted by Crippen LogP contribution is 2.29. The van der Waals surface area contributed by atoms with E-state index in [2.05, 4.69) is 16.0 Å².